The highest BCUT2D eigenvalue weighted by Crippen LogP contribution is 2.09. The number of hydrogen-bond acceptors (Lipinski definition) is 3. The van der Waals surface area contributed by atoms with Crippen molar-refractivity contribution in [2.45, 2.75) is 32.7 Å². The normalized spacial score (nSPS) is 10.6. The third kappa shape index (κ3) is 3.68. The number of anilines is 1. The smallest absolute Gasteiger partial charge is 0.144 e. The van der Waals surface area contributed by atoms with Crippen molar-refractivity contribution >= 4 is 11.5 Å². The lowest BCUT2D eigenvalue weighted by atomic mass is 10.1. The second-order valence-corrected chi connectivity index (χ2v) is 4.67. The molecule has 0 saturated heterocycles. The van der Waals surface area contributed by atoms with Crippen LogP contribution in [0.3, 0.4) is 0 Å². The van der Waals surface area contributed by atoms with Crippen LogP contribution in [0.25, 0.3) is 0 Å². The van der Waals surface area contributed by atoms with Gasteiger partial charge in [-0.1, -0.05) is 19.1 Å². The number of imidazole rings is 1. The van der Waals surface area contributed by atoms with E-state index in [-0.39, 0.29) is 5.78 Å². The highest BCUT2D eigenvalue weighted by atomic mass is 16.1. The van der Waals surface area contributed by atoms with Gasteiger partial charge in [0.15, 0.2) is 0 Å². The van der Waals surface area contributed by atoms with E-state index in [1.165, 1.54) is 0 Å². The van der Waals surface area contributed by atoms with Gasteiger partial charge in [-0.3, -0.25) is 4.79 Å². The number of aromatic nitrogens is 2. The number of rotatable bonds is 6. The molecule has 0 amide bonds. The third-order valence-corrected chi connectivity index (χ3v) is 2.97. The van der Waals surface area contributed by atoms with E-state index in [9.17, 15) is 4.79 Å². The average molecular weight is 257 g/mol. The lowest BCUT2D eigenvalue weighted by Crippen LogP contribution is -2.12. The average Bonchev–Trinajstić information content (AvgIpc) is 2.77. The lowest BCUT2D eigenvalue weighted by Gasteiger charge is -2.06. The number of hydrogen-bond donors (Lipinski definition) is 1. The Hall–Kier alpha value is -2.10. The van der Waals surface area contributed by atoms with E-state index in [0.29, 0.717) is 18.5 Å². The van der Waals surface area contributed by atoms with E-state index in [1.807, 2.05) is 35.0 Å². The number of benzene rings is 1. The molecule has 0 aliphatic rings. The summed E-state index contributed by atoms with van der Waals surface area (Å²) in [4.78, 5) is 16.3. The van der Waals surface area contributed by atoms with Gasteiger partial charge in [0.05, 0.1) is 6.42 Å². The summed E-state index contributed by atoms with van der Waals surface area (Å²) in [6.45, 7) is 3.01. The lowest BCUT2D eigenvalue weighted by molar-refractivity contribution is -0.117. The molecule has 0 aliphatic heterocycles. The SMILES string of the molecule is CCCn1ccnc1CC(=O)Cc1cccc(N)c1. The molecule has 0 atom stereocenters. The number of carbonyl (C=O) groups is 1. The van der Waals surface area contributed by atoms with Crippen molar-refractivity contribution < 1.29 is 4.79 Å². The van der Waals surface area contributed by atoms with Crippen LogP contribution in [0.2, 0.25) is 0 Å². The molecule has 1 aromatic heterocycles. The Kier molecular flexibility index (Phi) is 4.34. The van der Waals surface area contributed by atoms with Gasteiger partial charge in [0.1, 0.15) is 11.6 Å². The highest BCUT2D eigenvalue weighted by molar-refractivity contribution is 5.82. The van der Waals surface area contributed by atoms with Gasteiger partial charge >= 0.3 is 0 Å². The molecule has 19 heavy (non-hydrogen) atoms. The monoisotopic (exact) mass is 257 g/mol. The van der Waals surface area contributed by atoms with E-state index in [1.54, 1.807) is 6.20 Å². The molecule has 1 heterocycles. The van der Waals surface area contributed by atoms with Crippen molar-refractivity contribution in [1.29, 1.82) is 0 Å². The first kappa shape index (κ1) is 13.3. The van der Waals surface area contributed by atoms with Crippen LogP contribution < -0.4 is 5.73 Å². The molecule has 0 saturated carbocycles. The maximum Gasteiger partial charge on any atom is 0.144 e. The zero-order chi connectivity index (χ0) is 13.7. The van der Waals surface area contributed by atoms with Crippen molar-refractivity contribution in [2.24, 2.45) is 0 Å². The van der Waals surface area contributed by atoms with Gasteiger partial charge in [0, 0.05) is 31.0 Å². The Morgan fingerprint density at radius 1 is 1.37 bits per heavy atom. The molecule has 0 unspecified atom stereocenters. The Morgan fingerprint density at radius 2 is 2.21 bits per heavy atom. The molecular formula is C15H19N3O. The summed E-state index contributed by atoms with van der Waals surface area (Å²) >= 11 is 0. The molecule has 0 bridgehead atoms. The molecule has 0 aliphatic carbocycles. The quantitative estimate of drug-likeness (QED) is 0.807. The Morgan fingerprint density at radius 3 is 2.95 bits per heavy atom. The first-order chi connectivity index (χ1) is 9.19. The Labute approximate surface area is 113 Å². The minimum Gasteiger partial charge on any atom is -0.399 e. The second-order valence-electron chi connectivity index (χ2n) is 4.67. The highest BCUT2D eigenvalue weighted by Gasteiger charge is 2.09. The van der Waals surface area contributed by atoms with Crippen molar-refractivity contribution in [3.63, 3.8) is 0 Å². The number of nitrogen functional groups attached to an aromatic ring is 1. The topological polar surface area (TPSA) is 60.9 Å². The van der Waals surface area contributed by atoms with Gasteiger partial charge in [-0.05, 0) is 24.1 Å². The van der Waals surface area contributed by atoms with Crippen molar-refractivity contribution in [1.82, 2.24) is 9.55 Å². The van der Waals surface area contributed by atoms with Gasteiger partial charge in [-0.25, -0.2) is 4.98 Å². The summed E-state index contributed by atoms with van der Waals surface area (Å²) in [6, 6.07) is 7.46. The van der Waals surface area contributed by atoms with Crippen LogP contribution in [0.4, 0.5) is 5.69 Å². The zero-order valence-electron chi connectivity index (χ0n) is 11.2. The molecular weight excluding hydrogens is 238 g/mol. The molecule has 100 valence electrons. The first-order valence-electron chi connectivity index (χ1n) is 6.55. The van der Waals surface area contributed by atoms with Crippen molar-refractivity contribution in [3.8, 4) is 0 Å². The van der Waals surface area contributed by atoms with Gasteiger partial charge in [-0.2, -0.15) is 0 Å². The maximum atomic E-state index is 12.1. The Balaban J connectivity index is 1.99. The van der Waals surface area contributed by atoms with E-state index < -0.39 is 0 Å². The molecule has 0 spiro atoms. The number of nitrogens with zero attached hydrogens (tertiary/aromatic N) is 2. The van der Waals surface area contributed by atoms with Crippen LogP contribution in [0.1, 0.15) is 24.7 Å². The number of nitrogens with two attached hydrogens (primary N) is 1. The fourth-order valence-electron chi connectivity index (χ4n) is 2.12. The van der Waals surface area contributed by atoms with Crippen LogP contribution in [0, 0.1) is 0 Å². The van der Waals surface area contributed by atoms with Crippen molar-refractivity contribution in [3.05, 3.63) is 48.0 Å². The summed E-state index contributed by atoms with van der Waals surface area (Å²) in [5.74, 6) is 1.00. The van der Waals surface area contributed by atoms with E-state index in [4.69, 9.17) is 5.73 Å². The molecule has 4 heteroatoms. The van der Waals surface area contributed by atoms with Crippen LogP contribution in [-0.4, -0.2) is 15.3 Å². The van der Waals surface area contributed by atoms with Crippen LogP contribution in [0.15, 0.2) is 36.7 Å². The van der Waals surface area contributed by atoms with Gasteiger partial charge < -0.3 is 10.3 Å². The van der Waals surface area contributed by atoms with E-state index in [0.717, 1.165) is 24.4 Å². The minimum absolute atomic E-state index is 0.161. The summed E-state index contributed by atoms with van der Waals surface area (Å²) in [5, 5.41) is 0. The van der Waals surface area contributed by atoms with Crippen LogP contribution >= 0.6 is 0 Å². The summed E-state index contributed by atoms with van der Waals surface area (Å²) in [5.41, 5.74) is 7.36. The fraction of sp³-hybridized carbons (Fsp3) is 0.333. The Bertz CT molecular complexity index is 560. The summed E-state index contributed by atoms with van der Waals surface area (Å²) in [7, 11) is 0. The number of ketones is 1. The third-order valence-electron chi connectivity index (χ3n) is 2.97. The van der Waals surface area contributed by atoms with E-state index in [2.05, 4.69) is 11.9 Å². The van der Waals surface area contributed by atoms with Gasteiger partial charge in [-0.15, -0.1) is 0 Å². The predicted octanol–water partition coefficient (Wildman–Crippen LogP) is 2.23. The van der Waals surface area contributed by atoms with E-state index >= 15 is 0 Å². The molecule has 2 rings (SSSR count). The van der Waals surface area contributed by atoms with Gasteiger partial charge in [0.25, 0.3) is 0 Å². The largest absolute Gasteiger partial charge is 0.399 e. The maximum absolute atomic E-state index is 12.1. The summed E-state index contributed by atoms with van der Waals surface area (Å²) < 4.78 is 2.04. The second kappa shape index (κ2) is 6.18. The number of carbonyl (C=O) groups excluding carboxylic acids is 1. The van der Waals surface area contributed by atoms with Gasteiger partial charge in [0.2, 0.25) is 0 Å². The summed E-state index contributed by atoms with van der Waals surface area (Å²) in [6.07, 6.45) is 5.49. The molecule has 4 nitrogen and oxygen atoms in total. The van der Waals surface area contributed by atoms with Crippen molar-refractivity contribution in [2.75, 3.05) is 5.73 Å². The van der Waals surface area contributed by atoms with Crippen LogP contribution in [-0.2, 0) is 24.2 Å². The number of aryl methyl sites for hydroxylation is 1. The molecule has 2 aromatic rings. The first-order valence-corrected chi connectivity index (χ1v) is 6.55. The molecule has 0 fully saturated rings. The standard InChI is InChI=1S/C15H19N3O/c1-2-7-18-8-6-17-15(18)11-14(19)10-12-4-3-5-13(16)9-12/h3-6,8-9H,2,7,10-11,16H2,1H3. The predicted molar refractivity (Wildman–Crippen MR) is 75.8 cm³/mol. The fourth-order valence-corrected chi connectivity index (χ4v) is 2.12. The van der Waals surface area contributed by atoms with Crippen LogP contribution in [0.5, 0.6) is 0 Å². The minimum atomic E-state index is 0.161. The molecule has 0 radical (unpaired) electrons. The zero-order valence-corrected chi connectivity index (χ0v) is 11.2. The molecule has 2 N–H and O–H groups in total. The number of Topliss-reactive ketones (excluding diaryl/α,β-unsaturated/α-hetero) is 1. The molecule has 1 aromatic carbocycles.